The largest absolute Gasteiger partial charge is 0.393 e. The molecule has 0 radical (unpaired) electrons. The van der Waals surface area contributed by atoms with Crippen molar-refractivity contribution < 1.29 is 34.4 Å². The lowest BCUT2D eigenvalue weighted by Crippen LogP contribution is -2.20. The van der Waals surface area contributed by atoms with E-state index < -0.39 is 33.7 Å². The summed E-state index contributed by atoms with van der Waals surface area (Å²) >= 11 is 0. The van der Waals surface area contributed by atoms with Crippen LogP contribution in [0.5, 0.6) is 0 Å². The van der Waals surface area contributed by atoms with Crippen LogP contribution < -0.4 is 5.32 Å². The van der Waals surface area contributed by atoms with Crippen molar-refractivity contribution in [1.29, 1.82) is 0 Å². The van der Waals surface area contributed by atoms with Gasteiger partial charge in [-0.3, -0.25) is 4.79 Å². The van der Waals surface area contributed by atoms with E-state index in [1.165, 1.54) is 16.8 Å². The number of rotatable bonds is 7. The molecule has 1 aromatic heterocycles. The third-order valence-corrected chi connectivity index (χ3v) is 5.65. The van der Waals surface area contributed by atoms with Crippen molar-refractivity contribution in [2.45, 2.75) is 17.5 Å². The van der Waals surface area contributed by atoms with E-state index in [1.54, 1.807) is 6.07 Å². The number of benzene rings is 2. The molecule has 3 N–H and O–H groups in total. The average Bonchev–Trinajstić information content (AvgIpc) is 3.08. The predicted molar refractivity (Wildman–Crippen MR) is 107 cm³/mol. The van der Waals surface area contributed by atoms with Gasteiger partial charge in [0.2, 0.25) is 5.91 Å². The Labute approximate surface area is 173 Å². The van der Waals surface area contributed by atoms with Crippen LogP contribution in [-0.4, -0.2) is 32.5 Å². The maximum absolute atomic E-state index is 13.0. The molecular formula is C19H18F5N3O3S. The number of fused-ring (bicyclic) bond motifs is 1. The zero-order chi connectivity index (χ0) is 23.1. The standard InChI is InChI=1S/C19H18F5N3O3S/c1-2-18(30)25-10-15-19-14(17(29)11-28)4-3-5-16(19)27(26-15)12-6-8-13(9-7-12)31(20,21,22,23)24/h2-9,17,28-29H,1,10-11H2,(H,25,30). The highest BCUT2D eigenvalue weighted by Crippen LogP contribution is 3.02. The first kappa shape index (κ1) is 22.7. The highest BCUT2D eigenvalue weighted by atomic mass is 32.5. The van der Waals surface area contributed by atoms with E-state index in [0.29, 0.717) is 10.9 Å². The van der Waals surface area contributed by atoms with Crippen LogP contribution >= 0.6 is 10.2 Å². The number of halogens is 5. The average molecular weight is 463 g/mol. The van der Waals surface area contributed by atoms with Gasteiger partial charge in [0.1, 0.15) is 11.0 Å². The summed E-state index contributed by atoms with van der Waals surface area (Å²) in [6.07, 6.45) is -0.257. The Morgan fingerprint density at radius 3 is 2.35 bits per heavy atom. The van der Waals surface area contributed by atoms with Gasteiger partial charge in [-0.2, -0.15) is 5.10 Å². The van der Waals surface area contributed by atoms with Gasteiger partial charge in [0, 0.05) is 5.39 Å². The fourth-order valence-electron chi connectivity index (χ4n) is 3.06. The molecule has 3 rings (SSSR count). The van der Waals surface area contributed by atoms with Crippen molar-refractivity contribution in [1.82, 2.24) is 15.1 Å². The van der Waals surface area contributed by atoms with Crippen molar-refractivity contribution in [3.63, 3.8) is 0 Å². The third kappa shape index (κ3) is 4.70. The van der Waals surface area contributed by atoms with Crippen LogP contribution in [0.4, 0.5) is 19.4 Å². The van der Waals surface area contributed by atoms with Crippen LogP contribution in [0.25, 0.3) is 16.6 Å². The molecule has 0 fully saturated rings. The molecule has 0 spiro atoms. The number of nitrogens with one attached hydrogen (secondary N) is 1. The second-order valence-electron chi connectivity index (χ2n) is 6.68. The van der Waals surface area contributed by atoms with Gasteiger partial charge >= 0.3 is 10.2 Å². The van der Waals surface area contributed by atoms with Crippen LogP contribution in [0.1, 0.15) is 17.4 Å². The number of aliphatic hydroxyl groups is 2. The summed E-state index contributed by atoms with van der Waals surface area (Å²) < 4.78 is 66.2. The summed E-state index contributed by atoms with van der Waals surface area (Å²) in [4.78, 5) is 9.51. The molecule has 1 unspecified atom stereocenters. The predicted octanol–water partition coefficient (Wildman–Crippen LogP) is 4.51. The fraction of sp³-hybridized carbons (Fsp3) is 0.158. The molecule has 1 heterocycles. The molecule has 6 nitrogen and oxygen atoms in total. The van der Waals surface area contributed by atoms with E-state index in [4.69, 9.17) is 0 Å². The number of amides is 1. The van der Waals surface area contributed by atoms with Crippen LogP contribution in [0.2, 0.25) is 0 Å². The van der Waals surface area contributed by atoms with Gasteiger partial charge in [0.05, 0.1) is 30.0 Å². The molecule has 168 valence electrons. The molecule has 1 atom stereocenters. The molecule has 1 amide bonds. The first-order valence-electron chi connectivity index (χ1n) is 8.79. The van der Waals surface area contributed by atoms with Gasteiger partial charge in [-0.15, -0.1) is 0 Å². The lowest BCUT2D eigenvalue weighted by molar-refractivity contribution is -0.116. The minimum absolute atomic E-state index is 0.0486. The van der Waals surface area contributed by atoms with Crippen molar-refractivity contribution in [3.05, 3.63) is 66.4 Å². The summed E-state index contributed by atoms with van der Waals surface area (Å²) in [5.41, 5.74) is 0.892. The van der Waals surface area contributed by atoms with Gasteiger partial charge < -0.3 is 15.5 Å². The minimum atomic E-state index is -9.82. The van der Waals surface area contributed by atoms with Crippen molar-refractivity contribution in [2.24, 2.45) is 0 Å². The lowest BCUT2D eigenvalue weighted by Gasteiger charge is -2.40. The lowest BCUT2D eigenvalue weighted by atomic mass is 10.0. The molecule has 0 aliphatic carbocycles. The van der Waals surface area contributed by atoms with Crippen molar-refractivity contribution >= 4 is 27.0 Å². The van der Waals surface area contributed by atoms with E-state index in [2.05, 4.69) is 17.0 Å². The Morgan fingerprint density at radius 2 is 1.81 bits per heavy atom. The topological polar surface area (TPSA) is 87.4 Å². The van der Waals surface area contributed by atoms with Gasteiger partial charge in [0.15, 0.2) is 0 Å². The Hall–Kier alpha value is -2.96. The zero-order valence-corrected chi connectivity index (χ0v) is 16.6. The smallest absolute Gasteiger partial charge is 0.310 e. The van der Waals surface area contributed by atoms with E-state index in [1.807, 2.05) is 0 Å². The number of carbonyl (C=O) groups is 1. The van der Waals surface area contributed by atoms with Gasteiger partial charge in [-0.1, -0.05) is 38.1 Å². The molecule has 0 bridgehead atoms. The SMILES string of the molecule is C=CC(=O)NCc1nn(-c2ccc(S(F)(F)(F)(F)F)cc2)c2cccc(C(O)CO)c12. The maximum atomic E-state index is 13.0. The molecule has 2 aromatic carbocycles. The summed E-state index contributed by atoms with van der Waals surface area (Å²) in [6, 6.07) is 6.84. The monoisotopic (exact) mass is 463 g/mol. The Bertz CT molecular complexity index is 1160. The van der Waals surface area contributed by atoms with Crippen molar-refractivity contribution in [2.75, 3.05) is 6.61 Å². The van der Waals surface area contributed by atoms with Gasteiger partial charge in [-0.25, -0.2) is 4.68 Å². The summed E-state index contributed by atoms with van der Waals surface area (Å²) in [6.45, 7) is 2.60. The summed E-state index contributed by atoms with van der Waals surface area (Å²) in [7, 11) is -9.82. The number of carbonyl (C=O) groups excluding carboxylic acids is 1. The zero-order valence-electron chi connectivity index (χ0n) is 15.8. The molecule has 31 heavy (non-hydrogen) atoms. The summed E-state index contributed by atoms with van der Waals surface area (Å²) in [5, 5.41) is 26.6. The van der Waals surface area contributed by atoms with Crippen LogP contribution in [0, 0.1) is 0 Å². The summed E-state index contributed by atoms with van der Waals surface area (Å²) in [5.74, 6) is -0.511. The Kier molecular flexibility index (Phi) is 5.16. The van der Waals surface area contributed by atoms with Crippen LogP contribution in [0.3, 0.4) is 0 Å². The second kappa shape index (κ2) is 7.04. The number of hydrogen-bond donors (Lipinski definition) is 3. The fourth-order valence-corrected chi connectivity index (χ4v) is 3.71. The maximum Gasteiger partial charge on any atom is 0.310 e. The number of nitrogens with zero attached hydrogens (tertiary/aromatic N) is 2. The molecular weight excluding hydrogens is 445 g/mol. The number of aliphatic hydroxyl groups excluding tert-OH is 2. The number of aromatic nitrogens is 2. The first-order valence-corrected chi connectivity index (χ1v) is 10.7. The third-order valence-electron chi connectivity index (χ3n) is 4.49. The molecule has 0 saturated heterocycles. The number of hydrogen-bond acceptors (Lipinski definition) is 4. The highest BCUT2D eigenvalue weighted by Gasteiger charge is 2.65. The first-order chi connectivity index (χ1) is 14.2. The molecule has 0 aliphatic rings. The molecule has 0 aliphatic heterocycles. The molecule has 0 saturated carbocycles. The Balaban J connectivity index is 2.17. The van der Waals surface area contributed by atoms with E-state index in [-0.39, 0.29) is 35.6 Å². The molecule has 3 aromatic rings. The van der Waals surface area contributed by atoms with E-state index >= 15 is 0 Å². The van der Waals surface area contributed by atoms with Crippen LogP contribution in [-0.2, 0) is 11.3 Å². The second-order valence-corrected chi connectivity index (χ2v) is 9.09. The van der Waals surface area contributed by atoms with E-state index in [9.17, 15) is 34.4 Å². The minimum Gasteiger partial charge on any atom is -0.393 e. The quantitative estimate of drug-likeness (QED) is 0.356. The van der Waals surface area contributed by atoms with E-state index in [0.717, 1.165) is 18.2 Å². The van der Waals surface area contributed by atoms with Crippen LogP contribution in [0.15, 0.2) is 60.0 Å². The molecule has 12 heteroatoms. The Morgan fingerprint density at radius 1 is 1.16 bits per heavy atom. The highest BCUT2D eigenvalue weighted by molar-refractivity contribution is 8.45. The van der Waals surface area contributed by atoms with Gasteiger partial charge in [-0.05, 0) is 42.0 Å². The van der Waals surface area contributed by atoms with Gasteiger partial charge in [0.25, 0.3) is 0 Å². The van der Waals surface area contributed by atoms with Crippen molar-refractivity contribution in [3.8, 4) is 5.69 Å². The normalized spacial score (nSPS) is 15.2.